The molecule has 0 bridgehead atoms. The average Bonchev–Trinajstić information content (AvgIpc) is 2.61. The van der Waals surface area contributed by atoms with Crippen LogP contribution < -0.4 is 25.2 Å². The Morgan fingerprint density at radius 2 is 1.77 bits per heavy atom. The summed E-state index contributed by atoms with van der Waals surface area (Å²) in [5.41, 5.74) is 1.07. The third-order valence-corrected chi connectivity index (χ3v) is 3.78. The van der Waals surface area contributed by atoms with Gasteiger partial charge in [-0.15, -0.1) is 0 Å². The number of hydrogen-bond acceptors (Lipinski definition) is 6. The van der Waals surface area contributed by atoms with E-state index >= 15 is 0 Å². The first-order chi connectivity index (χ1) is 12.5. The number of anilines is 1. The van der Waals surface area contributed by atoms with Crippen molar-refractivity contribution in [2.45, 2.75) is 6.92 Å². The summed E-state index contributed by atoms with van der Waals surface area (Å²) in [5.74, 6) is 1.26. The fourth-order valence-electron chi connectivity index (χ4n) is 2.52. The van der Waals surface area contributed by atoms with Crippen LogP contribution in [0.15, 0.2) is 51.7 Å². The first kappa shape index (κ1) is 17.3. The number of fused-ring (bicyclic) bond motifs is 1. The highest BCUT2D eigenvalue weighted by Gasteiger charge is 2.12. The molecule has 1 amide bonds. The van der Waals surface area contributed by atoms with Crippen molar-refractivity contribution in [3.8, 4) is 17.2 Å². The van der Waals surface area contributed by atoms with Crippen molar-refractivity contribution < 1.29 is 23.4 Å². The first-order valence-corrected chi connectivity index (χ1v) is 7.75. The van der Waals surface area contributed by atoms with Crippen molar-refractivity contribution >= 4 is 22.7 Å². The van der Waals surface area contributed by atoms with Gasteiger partial charge in [-0.25, -0.2) is 9.59 Å². The summed E-state index contributed by atoms with van der Waals surface area (Å²) >= 11 is 0. The van der Waals surface area contributed by atoms with Gasteiger partial charge in [0.15, 0.2) is 0 Å². The summed E-state index contributed by atoms with van der Waals surface area (Å²) in [7, 11) is 3.01. The van der Waals surface area contributed by atoms with E-state index in [1.54, 1.807) is 30.3 Å². The summed E-state index contributed by atoms with van der Waals surface area (Å²) in [5, 5.41) is 3.37. The molecule has 3 rings (SSSR count). The Kier molecular flexibility index (Phi) is 4.79. The van der Waals surface area contributed by atoms with Crippen molar-refractivity contribution in [3.05, 3.63) is 58.4 Å². The summed E-state index contributed by atoms with van der Waals surface area (Å²) in [6, 6.07) is 11.2. The Balaban J connectivity index is 1.82. The topological polar surface area (TPSA) is 87.0 Å². The lowest BCUT2D eigenvalue weighted by Gasteiger charge is -2.12. The third-order valence-electron chi connectivity index (χ3n) is 3.78. The van der Waals surface area contributed by atoms with Gasteiger partial charge in [-0.1, -0.05) is 0 Å². The van der Waals surface area contributed by atoms with E-state index in [0.717, 1.165) is 10.9 Å². The van der Waals surface area contributed by atoms with Crippen LogP contribution >= 0.6 is 0 Å². The van der Waals surface area contributed by atoms with Crippen LogP contribution in [-0.2, 0) is 0 Å². The number of amides is 1. The summed E-state index contributed by atoms with van der Waals surface area (Å²) in [4.78, 5) is 23.7. The predicted molar refractivity (Wildman–Crippen MR) is 96.4 cm³/mol. The van der Waals surface area contributed by atoms with Crippen LogP contribution in [0.5, 0.6) is 17.2 Å². The fourth-order valence-corrected chi connectivity index (χ4v) is 2.52. The van der Waals surface area contributed by atoms with Gasteiger partial charge in [0, 0.05) is 23.6 Å². The second-order valence-electron chi connectivity index (χ2n) is 5.49. The molecule has 7 nitrogen and oxygen atoms in total. The Morgan fingerprint density at radius 3 is 2.50 bits per heavy atom. The van der Waals surface area contributed by atoms with E-state index in [4.69, 9.17) is 18.6 Å². The molecule has 0 radical (unpaired) electrons. The van der Waals surface area contributed by atoms with Crippen LogP contribution in [0, 0.1) is 6.92 Å². The zero-order valence-electron chi connectivity index (χ0n) is 14.5. The van der Waals surface area contributed by atoms with Gasteiger partial charge in [-0.3, -0.25) is 5.32 Å². The zero-order valence-corrected chi connectivity index (χ0v) is 14.5. The maximum Gasteiger partial charge on any atom is 0.417 e. The van der Waals surface area contributed by atoms with Gasteiger partial charge in [-0.05, 0) is 36.8 Å². The Bertz CT molecular complexity index is 1020. The Labute approximate surface area is 149 Å². The number of aryl methyl sites for hydroxylation is 1. The summed E-state index contributed by atoms with van der Waals surface area (Å²) in [6.07, 6.45) is -0.717. The molecule has 1 heterocycles. The largest absolute Gasteiger partial charge is 0.497 e. The molecule has 0 aliphatic rings. The Hall–Kier alpha value is -3.48. The molecule has 0 fully saturated rings. The molecule has 26 heavy (non-hydrogen) atoms. The second kappa shape index (κ2) is 7.18. The lowest BCUT2D eigenvalue weighted by atomic mass is 10.1. The molecule has 0 unspecified atom stereocenters. The third kappa shape index (κ3) is 3.61. The van der Waals surface area contributed by atoms with Crippen molar-refractivity contribution in [1.29, 1.82) is 0 Å². The molecule has 3 aromatic rings. The minimum absolute atomic E-state index is 0.241. The number of benzene rings is 2. The molecular weight excluding hydrogens is 338 g/mol. The smallest absolute Gasteiger partial charge is 0.417 e. The highest BCUT2D eigenvalue weighted by molar-refractivity contribution is 5.89. The van der Waals surface area contributed by atoms with E-state index in [2.05, 4.69) is 5.32 Å². The molecule has 0 saturated heterocycles. The van der Waals surface area contributed by atoms with Gasteiger partial charge >= 0.3 is 11.7 Å². The molecule has 2 aromatic carbocycles. The molecule has 0 aliphatic heterocycles. The maximum atomic E-state index is 12.2. The van der Waals surface area contributed by atoms with Gasteiger partial charge < -0.3 is 18.6 Å². The standard InChI is InChI=1S/C19H17NO6/c1-11-8-18(21)26-17-10-13(4-6-14(11)17)25-19(22)20-15-9-12(23-2)5-7-16(15)24-3/h4-10H,1-3H3,(H,20,22). The fraction of sp³-hybridized carbons (Fsp3) is 0.158. The van der Waals surface area contributed by atoms with Crippen molar-refractivity contribution in [2.24, 2.45) is 0 Å². The van der Waals surface area contributed by atoms with Crippen LogP contribution in [0.25, 0.3) is 11.0 Å². The number of carbonyl (C=O) groups is 1. The van der Waals surface area contributed by atoms with Gasteiger partial charge in [-0.2, -0.15) is 0 Å². The van der Waals surface area contributed by atoms with E-state index in [0.29, 0.717) is 22.8 Å². The highest BCUT2D eigenvalue weighted by atomic mass is 16.6. The van der Waals surface area contributed by atoms with Crippen LogP contribution in [-0.4, -0.2) is 20.3 Å². The monoisotopic (exact) mass is 355 g/mol. The minimum atomic E-state index is -0.717. The lowest BCUT2D eigenvalue weighted by molar-refractivity contribution is 0.215. The molecular formula is C19H17NO6. The number of ether oxygens (including phenoxy) is 3. The van der Waals surface area contributed by atoms with Gasteiger partial charge in [0.1, 0.15) is 22.8 Å². The highest BCUT2D eigenvalue weighted by Crippen LogP contribution is 2.29. The molecule has 7 heteroatoms. The molecule has 1 aromatic heterocycles. The molecule has 134 valence electrons. The average molecular weight is 355 g/mol. The Morgan fingerprint density at radius 1 is 1.00 bits per heavy atom. The second-order valence-corrected chi connectivity index (χ2v) is 5.49. The van der Waals surface area contributed by atoms with Crippen LogP contribution in [0.1, 0.15) is 5.56 Å². The number of carbonyl (C=O) groups excluding carboxylic acids is 1. The number of hydrogen-bond donors (Lipinski definition) is 1. The van der Waals surface area contributed by atoms with Gasteiger partial charge in [0.2, 0.25) is 0 Å². The maximum absolute atomic E-state index is 12.2. The minimum Gasteiger partial charge on any atom is -0.497 e. The number of nitrogens with one attached hydrogen (secondary N) is 1. The molecule has 0 aliphatic carbocycles. The van der Waals surface area contributed by atoms with Crippen LogP contribution in [0.3, 0.4) is 0 Å². The number of rotatable bonds is 4. The number of methoxy groups -OCH3 is 2. The zero-order chi connectivity index (χ0) is 18.7. The quantitative estimate of drug-likeness (QED) is 0.718. The molecule has 0 saturated carbocycles. The first-order valence-electron chi connectivity index (χ1n) is 7.75. The summed E-state index contributed by atoms with van der Waals surface area (Å²) in [6.45, 7) is 1.81. The summed E-state index contributed by atoms with van der Waals surface area (Å²) < 4.78 is 20.8. The van der Waals surface area contributed by atoms with Crippen LogP contribution in [0.4, 0.5) is 10.5 Å². The molecule has 1 N–H and O–H groups in total. The SMILES string of the molecule is COc1ccc(OC)c(NC(=O)Oc2ccc3c(C)cc(=O)oc3c2)c1. The van der Waals surface area contributed by atoms with Crippen molar-refractivity contribution in [2.75, 3.05) is 19.5 Å². The van der Waals surface area contributed by atoms with Gasteiger partial charge in [0.05, 0.1) is 19.9 Å². The normalized spacial score (nSPS) is 10.4. The lowest BCUT2D eigenvalue weighted by Crippen LogP contribution is -2.17. The van der Waals surface area contributed by atoms with E-state index in [-0.39, 0.29) is 5.75 Å². The van der Waals surface area contributed by atoms with Gasteiger partial charge in [0.25, 0.3) is 0 Å². The molecule has 0 atom stereocenters. The van der Waals surface area contributed by atoms with E-state index in [9.17, 15) is 9.59 Å². The van der Waals surface area contributed by atoms with E-state index in [1.807, 2.05) is 6.92 Å². The van der Waals surface area contributed by atoms with Crippen molar-refractivity contribution in [3.63, 3.8) is 0 Å². The molecule has 0 spiro atoms. The predicted octanol–water partition coefficient (Wildman–Crippen LogP) is 3.73. The van der Waals surface area contributed by atoms with Crippen molar-refractivity contribution in [1.82, 2.24) is 0 Å². The van der Waals surface area contributed by atoms with Crippen LogP contribution in [0.2, 0.25) is 0 Å². The van der Waals surface area contributed by atoms with E-state index < -0.39 is 11.7 Å². The van der Waals surface area contributed by atoms with E-state index in [1.165, 1.54) is 26.4 Å².